The Morgan fingerprint density at radius 1 is 1.25 bits per heavy atom. The molecule has 5 heteroatoms. The van der Waals surface area contributed by atoms with Crippen LogP contribution in [0.2, 0.25) is 10.0 Å². The molecule has 0 aliphatic carbocycles. The van der Waals surface area contributed by atoms with Gasteiger partial charge in [-0.3, -0.25) is 4.99 Å². The zero-order valence-electron chi connectivity index (χ0n) is 9.19. The molecule has 0 saturated carbocycles. The highest BCUT2D eigenvalue weighted by Crippen LogP contribution is 2.33. The van der Waals surface area contributed by atoms with Gasteiger partial charge in [-0.1, -0.05) is 23.2 Å². The first-order chi connectivity index (χ1) is 7.59. The Hall–Kier alpha value is -0.930. The van der Waals surface area contributed by atoms with Crippen molar-refractivity contribution in [2.75, 3.05) is 18.4 Å². The summed E-state index contributed by atoms with van der Waals surface area (Å²) in [7, 11) is 0. The van der Waals surface area contributed by atoms with Crippen LogP contribution < -0.4 is 10.6 Å². The van der Waals surface area contributed by atoms with Crippen LogP contribution in [0.3, 0.4) is 0 Å². The predicted octanol–water partition coefficient (Wildman–Crippen LogP) is 2.98. The second-order valence-corrected chi connectivity index (χ2v) is 4.56. The van der Waals surface area contributed by atoms with Crippen LogP contribution in [0, 0.1) is 13.8 Å². The summed E-state index contributed by atoms with van der Waals surface area (Å²) in [6, 6.07) is 1.75. The van der Waals surface area contributed by atoms with Gasteiger partial charge in [0.25, 0.3) is 0 Å². The molecule has 2 N–H and O–H groups in total. The fourth-order valence-electron chi connectivity index (χ4n) is 1.59. The van der Waals surface area contributed by atoms with E-state index in [2.05, 4.69) is 15.6 Å². The van der Waals surface area contributed by atoms with E-state index in [4.69, 9.17) is 23.2 Å². The van der Waals surface area contributed by atoms with Crippen LogP contribution in [0.4, 0.5) is 5.69 Å². The van der Waals surface area contributed by atoms with Crippen LogP contribution >= 0.6 is 23.2 Å². The molecule has 1 aliphatic rings. The fraction of sp³-hybridized carbons (Fsp3) is 0.364. The minimum absolute atomic E-state index is 0.615. The SMILES string of the molecule is Cc1c(Cl)cc(Cl)c(NC2=NCCN2)c1C. The fourth-order valence-corrected chi connectivity index (χ4v) is 2.20. The van der Waals surface area contributed by atoms with Crippen LogP contribution in [-0.4, -0.2) is 19.0 Å². The number of anilines is 1. The number of benzene rings is 1. The lowest BCUT2D eigenvalue weighted by molar-refractivity contribution is 0.959. The highest BCUT2D eigenvalue weighted by molar-refractivity contribution is 6.37. The number of halogens is 2. The van der Waals surface area contributed by atoms with E-state index in [1.807, 2.05) is 13.8 Å². The van der Waals surface area contributed by atoms with E-state index in [0.29, 0.717) is 10.0 Å². The molecular formula is C11H13Cl2N3. The van der Waals surface area contributed by atoms with Crippen LogP contribution in [-0.2, 0) is 0 Å². The third kappa shape index (κ3) is 2.11. The van der Waals surface area contributed by atoms with E-state index in [0.717, 1.165) is 35.9 Å². The number of hydrogen-bond acceptors (Lipinski definition) is 3. The molecule has 3 nitrogen and oxygen atoms in total. The van der Waals surface area contributed by atoms with Crippen molar-refractivity contribution in [1.29, 1.82) is 0 Å². The van der Waals surface area contributed by atoms with Crippen molar-refractivity contribution in [1.82, 2.24) is 5.32 Å². The molecule has 1 aromatic carbocycles. The predicted molar refractivity (Wildman–Crippen MR) is 69.9 cm³/mol. The molecule has 0 atom stereocenters. The number of nitrogens with one attached hydrogen (secondary N) is 2. The summed E-state index contributed by atoms with van der Waals surface area (Å²) in [5, 5.41) is 7.64. The molecule has 2 rings (SSSR count). The van der Waals surface area contributed by atoms with Crippen molar-refractivity contribution in [2.24, 2.45) is 4.99 Å². The number of nitrogens with zero attached hydrogens (tertiary/aromatic N) is 1. The summed E-state index contributed by atoms with van der Waals surface area (Å²) >= 11 is 12.2. The Labute approximate surface area is 105 Å². The minimum Gasteiger partial charge on any atom is -0.354 e. The van der Waals surface area contributed by atoms with Crippen molar-refractivity contribution < 1.29 is 0 Å². The number of rotatable bonds is 1. The zero-order valence-corrected chi connectivity index (χ0v) is 10.7. The molecule has 0 radical (unpaired) electrons. The summed E-state index contributed by atoms with van der Waals surface area (Å²) in [5.41, 5.74) is 2.96. The third-order valence-corrected chi connectivity index (χ3v) is 3.40. The van der Waals surface area contributed by atoms with Crippen molar-refractivity contribution in [2.45, 2.75) is 13.8 Å². The van der Waals surface area contributed by atoms with Gasteiger partial charge in [0.2, 0.25) is 0 Å². The second-order valence-electron chi connectivity index (χ2n) is 3.75. The van der Waals surface area contributed by atoms with Crippen LogP contribution in [0.25, 0.3) is 0 Å². The molecule has 86 valence electrons. The highest BCUT2D eigenvalue weighted by atomic mass is 35.5. The van der Waals surface area contributed by atoms with E-state index in [1.165, 1.54) is 0 Å². The summed E-state index contributed by atoms with van der Waals surface area (Å²) in [5.74, 6) is 0.770. The highest BCUT2D eigenvalue weighted by Gasteiger charge is 2.13. The monoisotopic (exact) mass is 257 g/mol. The average Bonchev–Trinajstić information content (AvgIpc) is 2.74. The maximum Gasteiger partial charge on any atom is 0.195 e. The Morgan fingerprint density at radius 3 is 2.62 bits per heavy atom. The first kappa shape index (κ1) is 11.6. The quantitative estimate of drug-likeness (QED) is 0.812. The molecule has 0 saturated heterocycles. The smallest absolute Gasteiger partial charge is 0.195 e. The largest absolute Gasteiger partial charge is 0.354 e. The Kier molecular flexibility index (Phi) is 3.26. The van der Waals surface area contributed by atoms with Gasteiger partial charge >= 0.3 is 0 Å². The summed E-state index contributed by atoms with van der Waals surface area (Å²) < 4.78 is 0. The van der Waals surface area contributed by atoms with Gasteiger partial charge in [0.1, 0.15) is 0 Å². The van der Waals surface area contributed by atoms with E-state index in [-0.39, 0.29) is 0 Å². The third-order valence-electron chi connectivity index (χ3n) is 2.71. The van der Waals surface area contributed by atoms with Gasteiger partial charge in [0.15, 0.2) is 5.96 Å². The van der Waals surface area contributed by atoms with Crippen LogP contribution in [0.1, 0.15) is 11.1 Å². The summed E-state index contributed by atoms with van der Waals surface area (Å²) in [4.78, 5) is 4.27. The lowest BCUT2D eigenvalue weighted by Crippen LogP contribution is -2.26. The first-order valence-corrected chi connectivity index (χ1v) is 5.85. The van der Waals surface area contributed by atoms with Gasteiger partial charge in [0, 0.05) is 11.6 Å². The normalized spacial score (nSPS) is 14.6. The van der Waals surface area contributed by atoms with Crippen molar-refractivity contribution in [3.8, 4) is 0 Å². The molecule has 0 aromatic heterocycles. The average molecular weight is 258 g/mol. The molecule has 0 amide bonds. The van der Waals surface area contributed by atoms with Gasteiger partial charge < -0.3 is 10.6 Å². The maximum absolute atomic E-state index is 6.16. The summed E-state index contributed by atoms with van der Waals surface area (Å²) in [6.45, 7) is 5.63. The molecule has 1 aliphatic heterocycles. The van der Waals surface area contributed by atoms with E-state index >= 15 is 0 Å². The standard InChI is InChI=1S/C11H13Cl2N3/c1-6-7(2)10(9(13)5-8(6)12)16-11-14-3-4-15-11/h5H,3-4H2,1-2H3,(H2,14,15,16). The molecule has 0 spiro atoms. The minimum atomic E-state index is 0.615. The molecule has 0 unspecified atom stereocenters. The molecule has 0 bridgehead atoms. The number of aliphatic imine (C=N–C) groups is 1. The maximum atomic E-state index is 6.16. The zero-order chi connectivity index (χ0) is 11.7. The lowest BCUT2D eigenvalue weighted by Gasteiger charge is -2.14. The van der Waals surface area contributed by atoms with Gasteiger partial charge in [-0.2, -0.15) is 0 Å². The Bertz CT molecular complexity index is 455. The van der Waals surface area contributed by atoms with E-state index in [1.54, 1.807) is 6.07 Å². The molecular weight excluding hydrogens is 245 g/mol. The number of guanidine groups is 1. The van der Waals surface area contributed by atoms with E-state index in [9.17, 15) is 0 Å². The first-order valence-electron chi connectivity index (χ1n) is 5.10. The van der Waals surface area contributed by atoms with Gasteiger partial charge in [-0.05, 0) is 31.0 Å². The summed E-state index contributed by atoms with van der Waals surface area (Å²) in [6.07, 6.45) is 0. The van der Waals surface area contributed by atoms with Gasteiger partial charge in [0.05, 0.1) is 17.3 Å². The van der Waals surface area contributed by atoms with Crippen molar-refractivity contribution in [3.05, 3.63) is 27.2 Å². The van der Waals surface area contributed by atoms with Crippen molar-refractivity contribution >= 4 is 34.8 Å². The topological polar surface area (TPSA) is 36.4 Å². The molecule has 1 heterocycles. The van der Waals surface area contributed by atoms with Crippen LogP contribution in [0.15, 0.2) is 11.1 Å². The second kappa shape index (κ2) is 4.52. The molecule has 0 fully saturated rings. The van der Waals surface area contributed by atoms with Gasteiger partial charge in [-0.25, -0.2) is 0 Å². The van der Waals surface area contributed by atoms with Gasteiger partial charge in [-0.15, -0.1) is 0 Å². The van der Waals surface area contributed by atoms with E-state index < -0.39 is 0 Å². The Balaban J connectivity index is 2.36. The molecule has 1 aromatic rings. The lowest BCUT2D eigenvalue weighted by atomic mass is 10.1. The Morgan fingerprint density at radius 2 is 2.00 bits per heavy atom. The molecule has 16 heavy (non-hydrogen) atoms. The number of hydrogen-bond donors (Lipinski definition) is 2. The van der Waals surface area contributed by atoms with Crippen molar-refractivity contribution in [3.63, 3.8) is 0 Å². The van der Waals surface area contributed by atoms with Crippen LogP contribution in [0.5, 0.6) is 0 Å².